The maximum atomic E-state index is 12.7. The van der Waals surface area contributed by atoms with E-state index in [1.807, 2.05) is 13.8 Å². The van der Waals surface area contributed by atoms with Crippen LogP contribution < -0.4 is 9.46 Å². The average Bonchev–Trinajstić information content (AvgIpc) is 2.58. The Hall–Kier alpha value is -1.15. The minimum Gasteiger partial charge on any atom is -0.496 e. The first kappa shape index (κ1) is 20.2. The van der Waals surface area contributed by atoms with E-state index in [0.717, 1.165) is 50.6 Å². The number of aryl methyl sites for hydroxylation is 1. The molecule has 0 aromatic heterocycles. The first-order valence-corrected chi connectivity index (χ1v) is 10.3. The fourth-order valence-electron chi connectivity index (χ4n) is 3.01. The molecule has 1 fully saturated rings. The molecule has 7 heteroatoms. The summed E-state index contributed by atoms with van der Waals surface area (Å²) in [5, 5.41) is 0. The third-order valence-electron chi connectivity index (χ3n) is 4.49. The molecule has 142 valence electrons. The molecule has 0 bridgehead atoms. The number of nitrogens with one attached hydrogen (secondary N) is 1. The lowest BCUT2D eigenvalue weighted by molar-refractivity contribution is 0.0376. The fourth-order valence-corrected chi connectivity index (χ4v) is 4.34. The second-order valence-electron chi connectivity index (χ2n) is 6.72. The smallest absolute Gasteiger partial charge is 0.240 e. The van der Waals surface area contributed by atoms with Gasteiger partial charge in [0.25, 0.3) is 0 Å². The van der Waals surface area contributed by atoms with E-state index in [4.69, 9.17) is 9.47 Å². The fraction of sp³-hybridized carbons (Fsp3) is 0.667. The summed E-state index contributed by atoms with van der Waals surface area (Å²) in [6, 6.07) is 3.54. The van der Waals surface area contributed by atoms with Crippen molar-refractivity contribution in [1.29, 1.82) is 0 Å². The summed E-state index contributed by atoms with van der Waals surface area (Å²) >= 11 is 0. The molecule has 1 aromatic carbocycles. The second-order valence-corrected chi connectivity index (χ2v) is 8.46. The third kappa shape index (κ3) is 5.41. The highest BCUT2D eigenvalue weighted by Crippen LogP contribution is 2.31. The van der Waals surface area contributed by atoms with E-state index in [1.54, 1.807) is 26.2 Å². The van der Waals surface area contributed by atoms with Crippen molar-refractivity contribution in [3.8, 4) is 5.75 Å². The van der Waals surface area contributed by atoms with E-state index in [2.05, 4.69) is 9.62 Å². The van der Waals surface area contributed by atoms with E-state index >= 15 is 0 Å². The number of nitrogens with zero attached hydrogens (tertiary/aromatic N) is 1. The number of hydrogen-bond acceptors (Lipinski definition) is 5. The molecule has 1 aromatic rings. The van der Waals surface area contributed by atoms with Gasteiger partial charge in [-0.05, 0) is 49.1 Å². The minimum absolute atomic E-state index is 0.186. The van der Waals surface area contributed by atoms with Crippen molar-refractivity contribution >= 4 is 10.0 Å². The zero-order chi connectivity index (χ0) is 18.4. The number of rotatable bonds is 8. The second kappa shape index (κ2) is 8.98. The Kier molecular flexibility index (Phi) is 7.25. The number of benzene rings is 1. The molecule has 0 saturated carbocycles. The lowest BCUT2D eigenvalue weighted by Crippen LogP contribution is -2.38. The highest BCUT2D eigenvalue weighted by Gasteiger charge is 2.20. The summed E-state index contributed by atoms with van der Waals surface area (Å²) in [4.78, 5) is 2.64. The van der Waals surface area contributed by atoms with Gasteiger partial charge in [0.2, 0.25) is 10.0 Å². The third-order valence-corrected chi connectivity index (χ3v) is 6.09. The summed E-state index contributed by atoms with van der Waals surface area (Å²) in [5.74, 6) is 0.921. The molecule has 0 spiro atoms. The van der Waals surface area contributed by atoms with Crippen molar-refractivity contribution in [2.24, 2.45) is 0 Å². The van der Waals surface area contributed by atoms with Crippen molar-refractivity contribution in [2.45, 2.75) is 38.0 Å². The Morgan fingerprint density at radius 2 is 1.96 bits per heavy atom. The van der Waals surface area contributed by atoms with Crippen LogP contribution in [0.5, 0.6) is 5.75 Å². The van der Waals surface area contributed by atoms with Crippen LogP contribution in [0.4, 0.5) is 0 Å². The van der Waals surface area contributed by atoms with Gasteiger partial charge in [0, 0.05) is 19.6 Å². The first-order chi connectivity index (χ1) is 11.8. The van der Waals surface area contributed by atoms with Crippen LogP contribution >= 0.6 is 0 Å². The molecule has 25 heavy (non-hydrogen) atoms. The van der Waals surface area contributed by atoms with Crippen LogP contribution in [0.2, 0.25) is 0 Å². The van der Waals surface area contributed by atoms with Crippen molar-refractivity contribution in [1.82, 2.24) is 9.62 Å². The quantitative estimate of drug-likeness (QED) is 0.710. The Morgan fingerprint density at radius 3 is 2.56 bits per heavy atom. The molecule has 1 saturated heterocycles. The molecule has 0 radical (unpaired) electrons. The summed E-state index contributed by atoms with van der Waals surface area (Å²) in [5.41, 5.74) is 1.60. The SMILES string of the molecule is COc1cc(C)c(S(=O)(=O)NCCCN2CCOCC2)cc1C(C)C. The molecule has 1 aliphatic rings. The lowest BCUT2D eigenvalue weighted by Gasteiger charge is -2.26. The van der Waals surface area contributed by atoms with Crippen LogP contribution in [0.15, 0.2) is 17.0 Å². The zero-order valence-electron chi connectivity index (χ0n) is 15.7. The van der Waals surface area contributed by atoms with Crippen LogP contribution in [-0.4, -0.2) is 59.8 Å². The summed E-state index contributed by atoms with van der Waals surface area (Å²) in [7, 11) is -1.91. The van der Waals surface area contributed by atoms with E-state index in [9.17, 15) is 8.42 Å². The molecule has 2 rings (SSSR count). The normalized spacial score (nSPS) is 16.4. The van der Waals surface area contributed by atoms with Gasteiger partial charge in [-0.15, -0.1) is 0 Å². The molecule has 1 aliphatic heterocycles. The maximum Gasteiger partial charge on any atom is 0.240 e. The van der Waals surface area contributed by atoms with Crippen molar-refractivity contribution in [3.63, 3.8) is 0 Å². The molecule has 1 N–H and O–H groups in total. The number of ether oxygens (including phenoxy) is 2. The average molecular weight is 371 g/mol. The van der Waals surface area contributed by atoms with Gasteiger partial charge in [0.15, 0.2) is 0 Å². The predicted octanol–water partition coefficient (Wildman–Crippen LogP) is 2.13. The summed E-state index contributed by atoms with van der Waals surface area (Å²) in [6.07, 6.45) is 0.783. The maximum absolute atomic E-state index is 12.7. The highest BCUT2D eigenvalue weighted by molar-refractivity contribution is 7.89. The van der Waals surface area contributed by atoms with Gasteiger partial charge < -0.3 is 9.47 Å². The van der Waals surface area contributed by atoms with Gasteiger partial charge in [-0.25, -0.2) is 13.1 Å². The predicted molar refractivity (Wildman–Crippen MR) is 98.9 cm³/mol. The minimum atomic E-state index is -3.52. The van der Waals surface area contributed by atoms with Crippen molar-refractivity contribution in [3.05, 3.63) is 23.3 Å². The van der Waals surface area contributed by atoms with Gasteiger partial charge in [-0.3, -0.25) is 4.90 Å². The van der Waals surface area contributed by atoms with Crippen LogP contribution in [-0.2, 0) is 14.8 Å². The van der Waals surface area contributed by atoms with Crippen LogP contribution in [0, 0.1) is 6.92 Å². The van der Waals surface area contributed by atoms with Crippen LogP contribution in [0.1, 0.15) is 37.3 Å². The number of morpholine rings is 1. The zero-order valence-corrected chi connectivity index (χ0v) is 16.5. The van der Waals surface area contributed by atoms with E-state index in [0.29, 0.717) is 17.0 Å². The van der Waals surface area contributed by atoms with Gasteiger partial charge in [-0.2, -0.15) is 0 Å². The Labute approximate surface area is 151 Å². The number of sulfonamides is 1. The van der Waals surface area contributed by atoms with Crippen molar-refractivity contribution < 1.29 is 17.9 Å². The standard InChI is InChI=1S/C18H30N2O4S/c1-14(2)16-13-18(15(3)12-17(16)23-4)25(21,22)19-6-5-7-20-8-10-24-11-9-20/h12-14,19H,5-11H2,1-4H3. The molecule has 1 heterocycles. The summed E-state index contributed by atoms with van der Waals surface area (Å²) in [6.45, 7) is 10.5. The molecule has 0 unspecified atom stereocenters. The van der Waals surface area contributed by atoms with Gasteiger partial charge in [-0.1, -0.05) is 13.8 Å². The lowest BCUT2D eigenvalue weighted by atomic mass is 10.0. The molecule has 0 atom stereocenters. The van der Waals surface area contributed by atoms with Crippen LogP contribution in [0.25, 0.3) is 0 Å². The number of hydrogen-bond donors (Lipinski definition) is 1. The molecule has 0 aliphatic carbocycles. The van der Waals surface area contributed by atoms with Gasteiger partial charge in [0.05, 0.1) is 25.2 Å². The Bertz CT molecular complexity index is 668. The Morgan fingerprint density at radius 1 is 1.28 bits per heavy atom. The summed E-state index contributed by atoms with van der Waals surface area (Å²) < 4.78 is 38.8. The van der Waals surface area contributed by atoms with Gasteiger partial charge >= 0.3 is 0 Å². The highest BCUT2D eigenvalue weighted by atomic mass is 32.2. The van der Waals surface area contributed by atoms with Crippen molar-refractivity contribution in [2.75, 3.05) is 46.5 Å². The first-order valence-electron chi connectivity index (χ1n) is 8.83. The topological polar surface area (TPSA) is 67.9 Å². The van der Waals surface area contributed by atoms with Crippen LogP contribution in [0.3, 0.4) is 0 Å². The van der Waals surface area contributed by atoms with E-state index < -0.39 is 10.0 Å². The largest absolute Gasteiger partial charge is 0.496 e. The monoisotopic (exact) mass is 370 g/mol. The molecule has 6 nitrogen and oxygen atoms in total. The van der Waals surface area contributed by atoms with E-state index in [-0.39, 0.29) is 5.92 Å². The Balaban J connectivity index is 2.01. The van der Waals surface area contributed by atoms with Gasteiger partial charge in [0.1, 0.15) is 5.75 Å². The molecular formula is C18H30N2O4S. The molecular weight excluding hydrogens is 340 g/mol. The molecule has 0 amide bonds. The number of methoxy groups -OCH3 is 1. The van der Waals surface area contributed by atoms with E-state index in [1.165, 1.54) is 0 Å².